The lowest BCUT2D eigenvalue weighted by Gasteiger charge is -2.27. The summed E-state index contributed by atoms with van der Waals surface area (Å²) in [6, 6.07) is 23.1. The fourth-order valence-corrected chi connectivity index (χ4v) is 15.0. The molecule has 0 aliphatic carbocycles. The Morgan fingerprint density at radius 2 is 1.20 bits per heavy atom. The highest BCUT2D eigenvalue weighted by molar-refractivity contribution is 6.04. The molecule has 4 atom stereocenters. The van der Waals surface area contributed by atoms with E-state index in [1.54, 1.807) is 34.9 Å². The van der Waals surface area contributed by atoms with Gasteiger partial charge in [0.25, 0.3) is 11.8 Å². The third kappa shape index (κ3) is 29.6. The van der Waals surface area contributed by atoms with E-state index in [1.807, 2.05) is 77.2 Å². The summed E-state index contributed by atoms with van der Waals surface area (Å²) in [6.45, 7) is 26.5. The Bertz CT molecular complexity index is 4230. The lowest BCUT2D eigenvalue weighted by molar-refractivity contribution is -0.401. The van der Waals surface area contributed by atoms with Gasteiger partial charge in [0.05, 0.1) is 29.0 Å². The zero-order chi connectivity index (χ0) is 84.8. The number of amides is 3. The fourth-order valence-electron chi connectivity index (χ4n) is 15.0. The Balaban J connectivity index is 0.000000346. The number of anilines is 1. The fraction of sp³-hybridized carbons (Fsp3) is 0.527. The molecule has 0 aromatic heterocycles. The minimum atomic E-state index is -0.736. The summed E-state index contributed by atoms with van der Waals surface area (Å²) in [5, 5.41) is 32.8. The van der Waals surface area contributed by atoms with E-state index in [9.17, 15) is 34.2 Å². The molecular weight excluding hydrogens is 1630 g/mol. The number of oxime groups is 2. The highest BCUT2D eigenvalue weighted by Crippen LogP contribution is 2.48. The van der Waals surface area contributed by atoms with Gasteiger partial charge in [-0.05, 0) is 178 Å². The number of allylic oxidation sites excluding steroid dienone is 6. The molecule has 0 unspecified atom stereocenters. The number of unbranched alkanes of at least 4 members (excludes halogenated alkanes) is 1. The average molecular weight is 1760 g/mol. The molecule has 2 saturated heterocycles. The second kappa shape index (κ2) is 50.8. The number of fused-ring (bicyclic) bond motifs is 4. The van der Waals surface area contributed by atoms with Crippen molar-refractivity contribution in [1.29, 1.82) is 0 Å². The summed E-state index contributed by atoms with van der Waals surface area (Å²) in [5.74, 6) is -1.50. The molecule has 6 aliphatic heterocycles. The molecule has 3 amide bonds. The van der Waals surface area contributed by atoms with Crippen LogP contribution in [0.4, 0.5) is 11.4 Å². The molecule has 650 valence electrons. The summed E-state index contributed by atoms with van der Waals surface area (Å²) in [7, 11) is 2.15. The number of piperidine rings is 2. The van der Waals surface area contributed by atoms with Gasteiger partial charge in [0.2, 0.25) is 11.6 Å². The standard InChI is InChI=1S/C57H71N5O8.C34H51N3O9.C2H6.HI/c1-40-20-16-22-44(23-17-21-42(59-69-39-53(66)61-32-13-7-14-33-61)36-41-37-43(63)38-49(64)54(41)55(67)70-40)68-35-19-31-58-52(65)30-12-15-34-62-48-27-11-9-25-46(48)57(4,5)51(62)29-18-28-50-56(2,3)45-24-8-10-26-47(45)60(50)6;1-4-40-24-43-30-21-27-20-28(36-45-23-32(38)37-17-7-6-8-18-37)13-10-15-29(42-19-11-16-35)14-9-12-26(3)46-34(39)33(27)31(22-30)44-25-41-5-2;1-2;/h8-11,16-18,21-22,24-29,37-38,40,44H,7,12-15,19-20,23,30-36,39H2,1-6H3,(H2-,58,63,64,65,67);9-10,13-14,21-22,26,29H,4-8,11-12,15-20,23-25,35H2,1-3H3;1-2H3;1H/b21-17+,22-16+,59-42?;13-10+,14-9+,36-28?;;/t40-,44-;26-,29-;;/m11../s1. The molecule has 5 N–H and O–H groups in total. The third-order valence-corrected chi connectivity index (χ3v) is 21.2. The lowest BCUT2D eigenvalue weighted by Crippen LogP contribution is -3.00. The van der Waals surface area contributed by atoms with E-state index < -0.39 is 29.9 Å². The van der Waals surface area contributed by atoms with Crippen LogP contribution in [0.2, 0.25) is 0 Å². The molecular formula is C93H129IN8O17. The number of para-hydroxylation sites is 2. The summed E-state index contributed by atoms with van der Waals surface area (Å²) in [6.07, 6.45) is 31.9. The smallest absolute Gasteiger partial charge is 0.342 e. The van der Waals surface area contributed by atoms with Crippen molar-refractivity contribution in [2.45, 2.75) is 214 Å². The quantitative estimate of drug-likeness (QED) is 0.00717. The number of likely N-dealkylation sites (tertiary alicyclic amines) is 2. The SMILES string of the molecule is CC.CCOCOc1cc2c(c(OCOCC)c1)C(=O)O[C@H](C)C/C=C/[C@@H](OCCCN)C/C=C/C(=NOCC(=O)N1CCCCC1)C2.C[C@@H]1C/C=C/[C@@H](OCCCNC(=O)CCCCN2/C(=C\C=C\C3=[N+](C)c4ccccc4C3(C)C)C(C)(C)c3ccccc32)C/C=C/C(=NOCC(=O)N2CCCCC2)Cc2cc(O)cc(O)c2C(=O)O1.[I-]. The Morgan fingerprint density at radius 1 is 0.655 bits per heavy atom. The molecule has 4 aromatic carbocycles. The number of benzene rings is 4. The first-order valence-corrected chi connectivity index (χ1v) is 42.4. The maximum absolute atomic E-state index is 13.7. The van der Waals surface area contributed by atoms with Gasteiger partial charge in [0, 0.05) is 144 Å². The van der Waals surface area contributed by atoms with Gasteiger partial charge >= 0.3 is 11.9 Å². The van der Waals surface area contributed by atoms with Crippen LogP contribution in [0, 0.1) is 0 Å². The van der Waals surface area contributed by atoms with Gasteiger partial charge in [-0.2, -0.15) is 4.58 Å². The van der Waals surface area contributed by atoms with E-state index >= 15 is 0 Å². The van der Waals surface area contributed by atoms with Gasteiger partial charge in [0.15, 0.2) is 32.5 Å². The number of hydrogen-bond acceptors (Lipinski definition) is 21. The number of phenolic OH excluding ortho intramolecular Hbond substituents is 2. The van der Waals surface area contributed by atoms with Crippen molar-refractivity contribution in [2.24, 2.45) is 16.0 Å². The number of esters is 2. The van der Waals surface area contributed by atoms with Crippen molar-refractivity contribution in [3.8, 4) is 23.0 Å². The summed E-state index contributed by atoms with van der Waals surface area (Å²) in [5.41, 5.74) is 14.8. The number of aromatic hydroxyl groups is 2. The van der Waals surface area contributed by atoms with Crippen molar-refractivity contribution >= 4 is 58.2 Å². The number of nitrogens with zero attached hydrogens (tertiary/aromatic N) is 6. The van der Waals surface area contributed by atoms with E-state index in [4.69, 9.17) is 53.3 Å². The normalized spacial score (nSPS) is 21.3. The van der Waals surface area contributed by atoms with Gasteiger partial charge in [-0.1, -0.05) is 117 Å². The first-order valence-electron chi connectivity index (χ1n) is 42.4. The molecule has 6 heterocycles. The molecule has 2 fully saturated rings. The van der Waals surface area contributed by atoms with E-state index in [2.05, 4.69) is 127 Å². The van der Waals surface area contributed by atoms with E-state index in [1.165, 1.54) is 40.0 Å². The summed E-state index contributed by atoms with van der Waals surface area (Å²) in [4.78, 5) is 82.8. The molecule has 10 rings (SSSR count). The van der Waals surface area contributed by atoms with E-state index in [0.29, 0.717) is 119 Å². The Hall–Kier alpha value is -9.19. The van der Waals surface area contributed by atoms with Crippen LogP contribution in [0.5, 0.6) is 23.0 Å². The third-order valence-electron chi connectivity index (χ3n) is 21.2. The summed E-state index contributed by atoms with van der Waals surface area (Å²) < 4.78 is 48.8. The molecule has 0 radical (unpaired) electrons. The molecule has 0 spiro atoms. The number of rotatable bonds is 30. The zero-order valence-corrected chi connectivity index (χ0v) is 74.0. The minimum absolute atomic E-state index is 0. The van der Waals surface area contributed by atoms with Crippen LogP contribution in [0.25, 0.3) is 0 Å². The van der Waals surface area contributed by atoms with Gasteiger partial charge in [0.1, 0.15) is 53.4 Å². The average Bonchev–Trinajstić information content (AvgIpc) is 1.55. The maximum Gasteiger partial charge on any atom is 0.342 e. The van der Waals surface area contributed by atoms with Crippen molar-refractivity contribution in [2.75, 3.05) is 111 Å². The number of phenols is 2. The topological polar surface area (TPSA) is 294 Å². The molecule has 4 aromatic rings. The van der Waals surface area contributed by atoms with Crippen molar-refractivity contribution in [3.05, 3.63) is 179 Å². The molecule has 119 heavy (non-hydrogen) atoms. The first kappa shape index (κ1) is 96.9. The number of cyclic esters (lactones) is 2. The summed E-state index contributed by atoms with van der Waals surface area (Å²) >= 11 is 0. The number of ether oxygens (including phenoxy) is 8. The van der Waals surface area contributed by atoms with Gasteiger partial charge in [-0.3, -0.25) is 14.4 Å². The van der Waals surface area contributed by atoms with E-state index in [0.717, 1.165) is 83.5 Å². The number of nitrogens with one attached hydrogen (secondary N) is 1. The second-order valence-corrected chi connectivity index (χ2v) is 30.9. The van der Waals surface area contributed by atoms with Gasteiger partial charge in [-0.15, -0.1) is 0 Å². The highest BCUT2D eigenvalue weighted by atomic mass is 127. The number of carbonyl (C=O) groups is 5. The minimum Gasteiger partial charge on any atom is -1.00 e. The van der Waals surface area contributed by atoms with Crippen molar-refractivity contribution in [1.82, 2.24) is 15.1 Å². The zero-order valence-electron chi connectivity index (χ0n) is 71.9. The molecule has 0 bridgehead atoms. The number of hydrogen-bond donors (Lipinski definition) is 4. The van der Waals surface area contributed by atoms with Crippen molar-refractivity contribution in [3.63, 3.8) is 0 Å². The number of carbonyl (C=O) groups excluding carboxylic acids is 5. The predicted octanol–water partition coefficient (Wildman–Crippen LogP) is 12.1. The van der Waals surface area contributed by atoms with Crippen LogP contribution in [0.15, 0.2) is 156 Å². The lowest BCUT2D eigenvalue weighted by atomic mass is 9.81. The van der Waals surface area contributed by atoms with Crippen LogP contribution in [0.3, 0.4) is 0 Å². The largest absolute Gasteiger partial charge is 1.00 e. The molecule has 0 saturated carbocycles. The Labute approximate surface area is 721 Å². The monoisotopic (exact) mass is 1760 g/mol. The number of nitrogens with two attached hydrogens (primary N) is 1. The van der Waals surface area contributed by atoms with Crippen LogP contribution in [-0.2, 0) is 76.2 Å². The van der Waals surface area contributed by atoms with Gasteiger partial charge in [-0.25, -0.2) is 9.59 Å². The maximum atomic E-state index is 13.7. The predicted molar refractivity (Wildman–Crippen MR) is 461 cm³/mol. The van der Waals surface area contributed by atoms with Gasteiger partial charge < -0.3 is 108 Å². The van der Waals surface area contributed by atoms with Crippen LogP contribution >= 0.6 is 0 Å². The number of halogens is 1. The molecule has 25 nitrogen and oxygen atoms in total. The second-order valence-electron chi connectivity index (χ2n) is 30.9. The van der Waals surface area contributed by atoms with E-state index in [-0.39, 0.29) is 127 Å². The first-order chi connectivity index (χ1) is 57.1. The molecule has 26 heteroatoms. The van der Waals surface area contributed by atoms with Crippen LogP contribution in [0.1, 0.15) is 209 Å². The Morgan fingerprint density at radius 3 is 1.78 bits per heavy atom. The molecule has 6 aliphatic rings. The van der Waals surface area contributed by atoms with Crippen molar-refractivity contribution < 1.29 is 110 Å². The van der Waals surface area contributed by atoms with Crippen LogP contribution in [-0.4, -0.2) is 202 Å². The Kier molecular flexibility index (Phi) is 41.4. The van der Waals surface area contributed by atoms with Crippen LogP contribution < -0.4 is 49.4 Å². The highest BCUT2D eigenvalue weighted by Gasteiger charge is 2.43.